The molecule has 0 fully saturated rings. The van der Waals surface area contributed by atoms with Gasteiger partial charge in [-0.05, 0) is 74.7 Å². The summed E-state index contributed by atoms with van der Waals surface area (Å²) < 4.78 is 46.9. The molecule has 210 valence electrons. The van der Waals surface area contributed by atoms with Crippen molar-refractivity contribution >= 4 is 27.0 Å². The van der Waals surface area contributed by atoms with Gasteiger partial charge >= 0.3 is 0 Å². The van der Waals surface area contributed by atoms with Crippen molar-refractivity contribution in [2.24, 2.45) is 7.05 Å². The molecular weight excluding hydrogens is 536 g/mol. The summed E-state index contributed by atoms with van der Waals surface area (Å²) >= 11 is -1.43. The van der Waals surface area contributed by atoms with Crippen LogP contribution in [0.3, 0.4) is 0 Å². The number of sulfone groups is 1. The number of hydrogen-bond donors (Lipinski definition) is 1. The minimum atomic E-state index is -3.34. The lowest BCUT2D eigenvalue weighted by molar-refractivity contribution is 0.103. The molecule has 1 heterocycles. The average Bonchev–Trinajstić information content (AvgIpc) is 2.88. The van der Waals surface area contributed by atoms with E-state index in [9.17, 15) is 22.6 Å². The second-order valence-electron chi connectivity index (χ2n) is 10.4. The van der Waals surface area contributed by atoms with E-state index in [0.717, 1.165) is 0 Å². The summed E-state index contributed by atoms with van der Waals surface area (Å²) in [6.07, 6.45) is 1.63. The monoisotopic (exact) mass is 572 g/mol. The third kappa shape index (κ3) is 7.39. The molecule has 1 N–H and O–H groups in total. The molecule has 8 nitrogen and oxygen atoms in total. The van der Waals surface area contributed by atoms with Crippen LogP contribution in [0.1, 0.15) is 67.7 Å². The van der Waals surface area contributed by atoms with E-state index in [1.54, 1.807) is 76.7 Å². The van der Waals surface area contributed by atoms with Crippen molar-refractivity contribution in [3.63, 3.8) is 0 Å². The molecular formula is C29H36N2O6S2. The van der Waals surface area contributed by atoms with E-state index >= 15 is 0 Å². The molecule has 2 aromatic carbocycles. The SMILES string of the molecule is CCS(=O)(=O)Cc1ccc(C(=O)c2ccc(OC)cc2)c(-c2cn(C)c(=O)cc2[C@H](C)N[S@@+]([O-])C(C)(C)C)c1. The molecule has 0 aliphatic carbocycles. The minimum Gasteiger partial charge on any atom is -0.598 e. The first kappa shape index (κ1) is 30.6. The molecule has 0 unspecified atom stereocenters. The van der Waals surface area contributed by atoms with Crippen molar-refractivity contribution in [3.8, 4) is 16.9 Å². The van der Waals surface area contributed by atoms with Crippen LogP contribution >= 0.6 is 0 Å². The molecule has 2 atom stereocenters. The van der Waals surface area contributed by atoms with Gasteiger partial charge in [0.2, 0.25) is 0 Å². The summed E-state index contributed by atoms with van der Waals surface area (Å²) in [5.74, 6) is 0.144. The number of aromatic nitrogens is 1. The van der Waals surface area contributed by atoms with Crippen LogP contribution < -0.4 is 15.0 Å². The molecule has 3 aromatic rings. The number of pyridine rings is 1. The predicted octanol–water partition coefficient (Wildman–Crippen LogP) is 4.34. The van der Waals surface area contributed by atoms with Gasteiger partial charge in [-0.15, -0.1) is 4.72 Å². The van der Waals surface area contributed by atoms with Crippen molar-refractivity contribution in [1.82, 2.24) is 9.29 Å². The molecule has 0 bridgehead atoms. The second kappa shape index (κ2) is 12.1. The zero-order chi connectivity index (χ0) is 29.1. The molecule has 1 aromatic heterocycles. The maximum absolute atomic E-state index is 13.7. The number of ether oxygens (including phenoxy) is 1. The number of nitrogens with one attached hydrogen (secondary N) is 1. The zero-order valence-electron chi connectivity index (χ0n) is 23.4. The van der Waals surface area contributed by atoms with E-state index in [1.165, 1.54) is 10.6 Å². The molecule has 0 aliphatic rings. The van der Waals surface area contributed by atoms with Crippen LogP contribution in [0.5, 0.6) is 5.75 Å². The van der Waals surface area contributed by atoms with E-state index in [0.29, 0.717) is 39.1 Å². The molecule has 0 saturated heterocycles. The fraction of sp³-hybridized carbons (Fsp3) is 0.379. The third-order valence-electron chi connectivity index (χ3n) is 6.36. The second-order valence-corrected chi connectivity index (χ2v) is 14.8. The minimum absolute atomic E-state index is 0.0144. The number of carbonyl (C=O) groups is 1. The molecule has 0 saturated carbocycles. The lowest BCUT2D eigenvalue weighted by atomic mass is 9.89. The van der Waals surface area contributed by atoms with Gasteiger partial charge in [-0.1, -0.05) is 19.1 Å². The first-order valence-electron chi connectivity index (χ1n) is 12.6. The Morgan fingerprint density at radius 3 is 2.31 bits per heavy atom. The van der Waals surface area contributed by atoms with E-state index in [4.69, 9.17) is 4.74 Å². The summed E-state index contributed by atoms with van der Waals surface area (Å²) in [4.78, 5) is 26.4. The van der Waals surface area contributed by atoms with E-state index in [-0.39, 0.29) is 22.8 Å². The van der Waals surface area contributed by atoms with Gasteiger partial charge in [0.1, 0.15) is 10.5 Å². The number of hydrogen-bond acceptors (Lipinski definition) is 7. The largest absolute Gasteiger partial charge is 0.598 e. The molecule has 0 radical (unpaired) electrons. The molecule has 3 rings (SSSR count). The van der Waals surface area contributed by atoms with Gasteiger partial charge < -0.3 is 13.9 Å². The molecule has 39 heavy (non-hydrogen) atoms. The van der Waals surface area contributed by atoms with Gasteiger partial charge in [-0.3, -0.25) is 9.59 Å². The normalized spacial score (nSPS) is 13.6. The van der Waals surface area contributed by atoms with Crippen molar-refractivity contribution in [2.45, 2.75) is 51.2 Å². The molecule has 10 heteroatoms. The van der Waals surface area contributed by atoms with Crippen LogP contribution in [0, 0.1) is 0 Å². The smallest absolute Gasteiger partial charge is 0.250 e. The van der Waals surface area contributed by atoms with Gasteiger partial charge in [-0.2, -0.15) is 0 Å². The summed E-state index contributed by atoms with van der Waals surface area (Å²) in [6, 6.07) is 12.6. The van der Waals surface area contributed by atoms with Gasteiger partial charge in [0.05, 0.1) is 18.9 Å². The lowest BCUT2D eigenvalue weighted by Crippen LogP contribution is -2.41. The van der Waals surface area contributed by atoms with Crippen LogP contribution in [0.2, 0.25) is 0 Å². The van der Waals surface area contributed by atoms with Crippen molar-refractivity contribution in [1.29, 1.82) is 0 Å². The Bertz CT molecular complexity index is 1510. The summed E-state index contributed by atoms with van der Waals surface area (Å²) in [6.45, 7) is 8.93. The highest BCUT2D eigenvalue weighted by molar-refractivity contribution is 7.91. The quantitative estimate of drug-likeness (QED) is 0.284. The van der Waals surface area contributed by atoms with Crippen LogP contribution in [-0.4, -0.2) is 40.9 Å². The lowest BCUT2D eigenvalue weighted by Gasteiger charge is -2.27. The van der Waals surface area contributed by atoms with Crippen LogP contribution in [0.15, 0.2) is 59.5 Å². The molecule has 0 spiro atoms. The summed E-state index contributed by atoms with van der Waals surface area (Å²) in [5.41, 5.74) is 2.64. The third-order valence-corrected chi connectivity index (χ3v) is 9.70. The summed E-state index contributed by atoms with van der Waals surface area (Å²) in [5, 5.41) is 0. The Balaban J connectivity index is 2.25. The van der Waals surface area contributed by atoms with E-state index in [1.807, 2.05) is 20.8 Å². The van der Waals surface area contributed by atoms with Crippen molar-refractivity contribution < 1.29 is 22.5 Å². The molecule has 0 amide bonds. The Kier molecular flexibility index (Phi) is 9.48. The van der Waals surface area contributed by atoms with Gasteiger partial charge in [0, 0.05) is 53.1 Å². The standard InChI is InChI=1S/C29H36N2O6S2/c1-8-39(35,36)18-20-9-14-23(28(33)21-10-12-22(37-7)13-11-21)25(15-20)26-17-31(6)27(32)16-24(26)19(2)30-38(34)29(3,4)5/h9-17,19,30H,8,18H2,1-7H3/t19-,38-/m0/s1. The van der Waals surface area contributed by atoms with E-state index in [2.05, 4.69) is 4.72 Å². The van der Waals surface area contributed by atoms with Gasteiger partial charge in [-0.25, -0.2) is 8.42 Å². The first-order chi connectivity index (χ1) is 18.2. The van der Waals surface area contributed by atoms with Crippen molar-refractivity contribution in [3.05, 3.63) is 87.3 Å². The number of methoxy groups -OCH3 is 1. The first-order valence-corrected chi connectivity index (χ1v) is 15.5. The van der Waals surface area contributed by atoms with Gasteiger partial charge in [0.15, 0.2) is 15.6 Å². The van der Waals surface area contributed by atoms with Crippen molar-refractivity contribution in [2.75, 3.05) is 12.9 Å². The summed E-state index contributed by atoms with van der Waals surface area (Å²) in [7, 11) is -0.193. The number of carbonyl (C=O) groups excluding carboxylic acids is 1. The fourth-order valence-electron chi connectivity index (χ4n) is 3.98. The molecule has 0 aliphatic heterocycles. The average molecular weight is 573 g/mol. The highest BCUT2D eigenvalue weighted by atomic mass is 32.2. The number of rotatable bonds is 10. The highest BCUT2D eigenvalue weighted by Crippen LogP contribution is 2.33. The number of ketones is 1. The fourth-order valence-corrected chi connectivity index (χ4v) is 5.68. The number of nitrogens with zero attached hydrogens (tertiary/aromatic N) is 1. The van der Waals surface area contributed by atoms with E-state index < -0.39 is 32.0 Å². The van der Waals surface area contributed by atoms with Crippen LogP contribution in [-0.2, 0) is 34.0 Å². The Morgan fingerprint density at radius 2 is 1.74 bits per heavy atom. The number of benzene rings is 2. The van der Waals surface area contributed by atoms with Crippen LogP contribution in [0.25, 0.3) is 11.1 Å². The number of aryl methyl sites for hydroxylation is 1. The zero-order valence-corrected chi connectivity index (χ0v) is 25.0. The Labute approximate surface area is 233 Å². The topological polar surface area (TPSA) is 118 Å². The van der Waals surface area contributed by atoms with Gasteiger partial charge in [0.25, 0.3) is 5.56 Å². The Morgan fingerprint density at radius 1 is 1.10 bits per heavy atom. The Hall–Kier alpha value is -2.92. The maximum Gasteiger partial charge on any atom is 0.250 e. The van der Waals surface area contributed by atoms with Crippen LogP contribution in [0.4, 0.5) is 0 Å². The highest BCUT2D eigenvalue weighted by Gasteiger charge is 2.30. The maximum atomic E-state index is 13.7. The predicted molar refractivity (Wildman–Crippen MR) is 156 cm³/mol.